The number of aliphatic imine (C=N–C) groups is 1. The number of rotatable bonds is 3. The van der Waals surface area contributed by atoms with E-state index in [0.29, 0.717) is 17.7 Å². The number of hydrogen-bond acceptors (Lipinski definition) is 2. The monoisotopic (exact) mass is 158 g/mol. The average Bonchev–Trinajstić information content (AvgIpc) is 2.05. The van der Waals surface area contributed by atoms with Gasteiger partial charge in [-0.2, -0.15) is 0 Å². The maximum atomic E-state index is 13.1. The molecule has 0 saturated heterocycles. The minimum atomic E-state index is -0.252. The standard InChI is InChI=1S/C8H15FN2/c1-4-6(2)8(9)7(5-10)11-3/h4-5,10H2,1-3H3/b8-6+,11-7?. The number of nitrogens with two attached hydrogens (primary N) is 1. The molecule has 0 aliphatic heterocycles. The molecule has 0 spiro atoms. The molecule has 0 unspecified atom stereocenters. The highest BCUT2D eigenvalue weighted by Gasteiger charge is 2.05. The second kappa shape index (κ2) is 5.02. The third kappa shape index (κ3) is 2.80. The van der Waals surface area contributed by atoms with Gasteiger partial charge in [-0.1, -0.05) is 6.92 Å². The van der Waals surface area contributed by atoms with E-state index in [4.69, 9.17) is 5.73 Å². The smallest absolute Gasteiger partial charge is 0.144 e. The molecule has 2 N–H and O–H groups in total. The van der Waals surface area contributed by atoms with Crippen molar-refractivity contribution < 1.29 is 4.39 Å². The van der Waals surface area contributed by atoms with Crippen molar-refractivity contribution in [3.8, 4) is 0 Å². The van der Waals surface area contributed by atoms with Crippen LogP contribution < -0.4 is 5.73 Å². The van der Waals surface area contributed by atoms with Gasteiger partial charge in [-0.3, -0.25) is 4.99 Å². The summed E-state index contributed by atoms with van der Waals surface area (Å²) in [4.78, 5) is 3.73. The van der Waals surface area contributed by atoms with Crippen molar-refractivity contribution in [2.45, 2.75) is 20.3 Å². The minimum Gasteiger partial charge on any atom is -0.325 e. The number of hydrogen-bond donors (Lipinski definition) is 1. The molecule has 0 aromatic carbocycles. The molecule has 3 heteroatoms. The quantitative estimate of drug-likeness (QED) is 0.623. The molecule has 11 heavy (non-hydrogen) atoms. The molecule has 0 rings (SSSR count). The summed E-state index contributed by atoms with van der Waals surface area (Å²) in [6.45, 7) is 3.81. The Bertz CT molecular complexity index is 183. The molecule has 0 heterocycles. The maximum absolute atomic E-state index is 13.1. The van der Waals surface area contributed by atoms with Gasteiger partial charge in [0.05, 0.1) is 5.71 Å². The summed E-state index contributed by atoms with van der Waals surface area (Å²) >= 11 is 0. The number of halogens is 1. The summed E-state index contributed by atoms with van der Waals surface area (Å²) < 4.78 is 13.1. The molecule has 0 aliphatic rings. The fraction of sp³-hybridized carbons (Fsp3) is 0.625. The summed E-state index contributed by atoms with van der Waals surface area (Å²) in [7, 11) is 1.55. The summed E-state index contributed by atoms with van der Waals surface area (Å²) in [6, 6.07) is 0. The normalized spacial score (nSPS) is 14.8. The summed E-state index contributed by atoms with van der Waals surface area (Å²) in [5, 5.41) is 0. The molecule has 0 saturated carbocycles. The molecule has 0 atom stereocenters. The van der Waals surface area contributed by atoms with E-state index < -0.39 is 0 Å². The molecule has 0 radical (unpaired) electrons. The first-order valence-corrected chi connectivity index (χ1v) is 3.68. The predicted octanol–water partition coefficient (Wildman–Crippen LogP) is 1.67. The van der Waals surface area contributed by atoms with Gasteiger partial charge in [-0.25, -0.2) is 4.39 Å². The van der Waals surface area contributed by atoms with Crippen LogP contribution >= 0.6 is 0 Å². The van der Waals surface area contributed by atoms with Crippen molar-refractivity contribution >= 4 is 5.71 Å². The molecular weight excluding hydrogens is 143 g/mol. The number of allylic oxidation sites excluding steroid dienone is 1. The Kier molecular flexibility index (Phi) is 4.70. The van der Waals surface area contributed by atoms with E-state index in [1.165, 1.54) is 0 Å². The van der Waals surface area contributed by atoms with Crippen molar-refractivity contribution in [3.05, 3.63) is 11.4 Å². The second-order valence-electron chi connectivity index (χ2n) is 2.32. The fourth-order valence-corrected chi connectivity index (χ4v) is 0.681. The molecule has 0 aliphatic carbocycles. The Balaban J connectivity index is 4.57. The zero-order chi connectivity index (χ0) is 8.85. The van der Waals surface area contributed by atoms with E-state index in [-0.39, 0.29) is 12.4 Å². The van der Waals surface area contributed by atoms with Crippen LogP contribution in [0.25, 0.3) is 0 Å². The zero-order valence-electron chi connectivity index (χ0n) is 7.32. The number of nitrogens with zero attached hydrogens (tertiary/aromatic N) is 1. The highest BCUT2D eigenvalue weighted by molar-refractivity contribution is 6.00. The molecule has 0 bridgehead atoms. The predicted molar refractivity (Wildman–Crippen MR) is 46.5 cm³/mol. The van der Waals surface area contributed by atoms with Crippen molar-refractivity contribution in [1.82, 2.24) is 0 Å². The third-order valence-electron chi connectivity index (χ3n) is 1.62. The van der Waals surface area contributed by atoms with E-state index in [1.807, 2.05) is 6.92 Å². The largest absolute Gasteiger partial charge is 0.325 e. The summed E-state index contributed by atoms with van der Waals surface area (Å²) in [5.74, 6) is -0.252. The van der Waals surface area contributed by atoms with Gasteiger partial charge in [-0.05, 0) is 18.9 Å². The highest BCUT2D eigenvalue weighted by atomic mass is 19.1. The van der Waals surface area contributed by atoms with Crippen LogP contribution in [-0.4, -0.2) is 19.3 Å². The zero-order valence-corrected chi connectivity index (χ0v) is 7.32. The van der Waals surface area contributed by atoms with Gasteiger partial charge in [0.25, 0.3) is 0 Å². The lowest BCUT2D eigenvalue weighted by atomic mass is 10.1. The van der Waals surface area contributed by atoms with Gasteiger partial charge >= 0.3 is 0 Å². The Morgan fingerprint density at radius 2 is 2.09 bits per heavy atom. The lowest BCUT2D eigenvalue weighted by molar-refractivity contribution is 0.659. The van der Waals surface area contributed by atoms with Gasteiger partial charge in [0, 0.05) is 13.6 Å². The second-order valence-corrected chi connectivity index (χ2v) is 2.32. The van der Waals surface area contributed by atoms with E-state index in [9.17, 15) is 4.39 Å². The van der Waals surface area contributed by atoms with Gasteiger partial charge in [-0.15, -0.1) is 0 Å². The molecule has 0 fully saturated rings. The lowest BCUT2D eigenvalue weighted by Crippen LogP contribution is -2.15. The SMILES string of the molecule is CC/C(C)=C(/F)C(CN)=NC. The van der Waals surface area contributed by atoms with E-state index >= 15 is 0 Å². The summed E-state index contributed by atoms with van der Waals surface area (Å²) in [5.41, 5.74) is 6.33. The van der Waals surface area contributed by atoms with Crippen molar-refractivity contribution in [1.29, 1.82) is 0 Å². The van der Waals surface area contributed by atoms with Gasteiger partial charge < -0.3 is 5.73 Å². The average molecular weight is 158 g/mol. The molecular formula is C8H15FN2. The first-order chi connectivity index (χ1) is 5.17. The Morgan fingerprint density at radius 1 is 1.55 bits per heavy atom. The summed E-state index contributed by atoms with van der Waals surface area (Å²) in [6.07, 6.45) is 0.699. The molecule has 2 nitrogen and oxygen atoms in total. The van der Waals surface area contributed by atoms with E-state index in [2.05, 4.69) is 4.99 Å². The van der Waals surface area contributed by atoms with Crippen LogP contribution in [0, 0.1) is 0 Å². The minimum absolute atomic E-state index is 0.166. The molecule has 0 aromatic rings. The molecule has 64 valence electrons. The van der Waals surface area contributed by atoms with Gasteiger partial charge in [0.2, 0.25) is 0 Å². The van der Waals surface area contributed by atoms with Crippen molar-refractivity contribution in [2.24, 2.45) is 10.7 Å². The maximum Gasteiger partial charge on any atom is 0.144 e. The Hall–Kier alpha value is -0.700. The van der Waals surface area contributed by atoms with Crippen LogP contribution in [0.3, 0.4) is 0 Å². The highest BCUT2D eigenvalue weighted by Crippen LogP contribution is 2.10. The third-order valence-corrected chi connectivity index (χ3v) is 1.62. The van der Waals surface area contributed by atoms with E-state index in [0.717, 1.165) is 0 Å². The Morgan fingerprint density at radius 3 is 2.36 bits per heavy atom. The molecule has 0 amide bonds. The van der Waals surface area contributed by atoms with Gasteiger partial charge in [0.1, 0.15) is 5.83 Å². The fourth-order valence-electron chi connectivity index (χ4n) is 0.681. The van der Waals surface area contributed by atoms with E-state index in [1.54, 1.807) is 14.0 Å². The topological polar surface area (TPSA) is 38.4 Å². The van der Waals surface area contributed by atoms with Crippen LogP contribution in [0.2, 0.25) is 0 Å². The first kappa shape index (κ1) is 10.3. The van der Waals surface area contributed by atoms with Crippen molar-refractivity contribution in [3.63, 3.8) is 0 Å². The first-order valence-electron chi connectivity index (χ1n) is 3.68. The van der Waals surface area contributed by atoms with Crippen LogP contribution in [0.1, 0.15) is 20.3 Å². The molecule has 0 aromatic heterocycles. The van der Waals surface area contributed by atoms with Crippen LogP contribution in [0.5, 0.6) is 0 Å². The van der Waals surface area contributed by atoms with Gasteiger partial charge in [0.15, 0.2) is 0 Å². The van der Waals surface area contributed by atoms with Crippen LogP contribution in [0.4, 0.5) is 4.39 Å². The Labute approximate surface area is 67.0 Å². The van der Waals surface area contributed by atoms with Crippen molar-refractivity contribution in [2.75, 3.05) is 13.6 Å². The van der Waals surface area contributed by atoms with Crippen LogP contribution in [-0.2, 0) is 0 Å². The lowest BCUT2D eigenvalue weighted by Gasteiger charge is -2.02. The van der Waals surface area contributed by atoms with Crippen LogP contribution in [0.15, 0.2) is 16.4 Å².